The van der Waals surface area contributed by atoms with Crippen molar-refractivity contribution in [2.75, 3.05) is 33.4 Å². The van der Waals surface area contributed by atoms with Gasteiger partial charge in [-0.3, -0.25) is 24.5 Å². The number of nitrogens with zero attached hydrogens (tertiary/aromatic N) is 1. The molecule has 0 bridgehead atoms. The molecule has 28 heavy (non-hydrogen) atoms. The molecule has 0 aromatic heterocycles. The zero-order valence-corrected chi connectivity index (χ0v) is 16.2. The van der Waals surface area contributed by atoms with E-state index in [1.165, 1.54) is 11.0 Å². The van der Waals surface area contributed by atoms with Crippen molar-refractivity contribution >= 4 is 24.5 Å². The van der Waals surface area contributed by atoms with E-state index in [1.807, 2.05) is 0 Å². The van der Waals surface area contributed by atoms with Crippen molar-refractivity contribution in [1.82, 2.24) is 10.2 Å². The lowest BCUT2D eigenvalue weighted by Gasteiger charge is -2.26. The smallest absolute Gasteiger partial charge is 0.258 e. The molecule has 0 aliphatic heterocycles. The van der Waals surface area contributed by atoms with Gasteiger partial charge in [0.1, 0.15) is 12.4 Å². The third-order valence-electron chi connectivity index (χ3n) is 4.14. The first kappa shape index (κ1) is 23.3. The first-order valence-electron chi connectivity index (χ1n) is 8.95. The highest BCUT2D eigenvalue weighted by molar-refractivity contribution is 6.03. The molecule has 1 aromatic carbocycles. The molecule has 0 radical (unpaired) electrons. The van der Waals surface area contributed by atoms with Crippen LogP contribution >= 0.6 is 0 Å². The summed E-state index contributed by atoms with van der Waals surface area (Å²) >= 11 is 0. The fourth-order valence-electron chi connectivity index (χ4n) is 2.44. The van der Waals surface area contributed by atoms with Gasteiger partial charge in [-0.2, -0.15) is 0 Å². The van der Waals surface area contributed by atoms with Crippen LogP contribution in [0.25, 0.3) is 0 Å². The minimum Gasteiger partial charge on any atom is -0.490 e. The van der Waals surface area contributed by atoms with Crippen molar-refractivity contribution in [3.63, 3.8) is 0 Å². The topological polar surface area (TPSA) is 128 Å². The maximum absolute atomic E-state index is 13.0. The average Bonchev–Trinajstić information content (AvgIpc) is 2.70. The monoisotopic (exact) mass is 393 g/mol. The van der Waals surface area contributed by atoms with E-state index in [9.17, 15) is 19.2 Å². The number of rotatable bonds is 13. The van der Waals surface area contributed by atoms with Crippen molar-refractivity contribution in [2.45, 2.75) is 25.8 Å². The fraction of sp³-hybridized carbons (Fsp3) is 0.474. The van der Waals surface area contributed by atoms with Crippen molar-refractivity contribution < 1.29 is 28.7 Å². The van der Waals surface area contributed by atoms with Gasteiger partial charge >= 0.3 is 0 Å². The predicted octanol–water partition coefficient (Wildman–Crippen LogP) is 0.367. The molecular weight excluding hydrogens is 366 g/mol. The number of nitrogens with two attached hydrogens (primary N) is 1. The van der Waals surface area contributed by atoms with E-state index in [4.69, 9.17) is 15.2 Å². The van der Waals surface area contributed by atoms with Gasteiger partial charge in [-0.25, -0.2) is 0 Å². The number of amides is 3. The molecule has 0 saturated carbocycles. The van der Waals surface area contributed by atoms with Crippen LogP contribution in [-0.4, -0.2) is 68.9 Å². The van der Waals surface area contributed by atoms with Gasteiger partial charge in [0.2, 0.25) is 12.3 Å². The highest BCUT2D eigenvalue weighted by Gasteiger charge is 2.24. The molecular formula is C19H27N3O6. The number of nitrogens with one attached hydrogen (secondary N) is 1. The Morgan fingerprint density at radius 2 is 2.00 bits per heavy atom. The van der Waals surface area contributed by atoms with Crippen molar-refractivity contribution in [2.24, 2.45) is 5.73 Å². The van der Waals surface area contributed by atoms with Gasteiger partial charge in [-0.15, -0.1) is 0 Å². The number of hydrogen-bond donors (Lipinski definition) is 2. The molecule has 1 aromatic rings. The first-order valence-corrected chi connectivity index (χ1v) is 8.95. The van der Waals surface area contributed by atoms with E-state index < -0.39 is 11.8 Å². The lowest BCUT2D eigenvalue weighted by Crippen LogP contribution is -2.37. The summed E-state index contributed by atoms with van der Waals surface area (Å²) in [4.78, 5) is 47.5. The second-order valence-corrected chi connectivity index (χ2v) is 6.08. The van der Waals surface area contributed by atoms with Crippen LogP contribution in [0.2, 0.25) is 0 Å². The summed E-state index contributed by atoms with van der Waals surface area (Å²) < 4.78 is 10.9. The van der Waals surface area contributed by atoms with Crippen LogP contribution in [0, 0.1) is 0 Å². The third kappa shape index (κ3) is 7.09. The van der Waals surface area contributed by atoms with E-state index >= 15 is 0 Å². The summed E-state index contributed by atoms with van der Waals surface area (Å²) in [7, 11) is 1.58. The second kappa shape index (κ2) is 12.6. The summed E-state index contributed by atoms with van der Waals surface area (Å²) in [5.74, 6) is -0.537. The lowest BCUT2D eigenvalue weighted by atomic mass is 10.0. The maximum Gasteiger partial charge on any atom is 0.258 e. The minimum absolute atomic E-state index is 0.0920. The van der Waals surface area contributed by atoms with Crippen molar-refractivity contribution in [3.8, 4) is 5.75 Å². The quantitative estimate of drug-likeness (QED) is 0.366. The van der Waals surface area contributed by atoms with E-state index in [-0.39, 0.29) is 35.9 Å². The molecule has 9 nitrogen and oxygen atoms in total. The minimum atomic E-state index is -0.419. The standard InChI is InChI=1S/C19H27N3O6/c1-14(6-7-17(25)21-13-24)22(2)19(26)18-15(12-23)4-3-5-16(18)28-11-10-27-9-8-20/h3-5,12-14H,6-11,20H2,1-2H3,(H,21,24,25). The van der Waals surface area contributed by atoms with Crippen LogP contribution in [0.4, 0.5) is 0 Å². The fourth-order valence-corrected chi connectivity index (χ4v) is 2.44. The third-order valence-corrected chi connectivity index (χ3v) is 4.14. The average molecular weight is 393 g/mol. The molecule has 9 heteroatoms. The number of aldehydes is 1. The Morgan fingerprint density at radius 1 is 1.25 bits per heavy atom. The van der Waals surface area contributed by atoms with Gasteiger partial charge < -0.3 is 20.1 Å². The van der Waals surface area contributed by atoms with Gasteiger partial charge in [0.25, 0.3) is 5.91 Å². The molecule has 3 amide bonds. The molecule has 1 rings (SSSR count). The summed E-state index contributed by atoms with van der Waals surface area (Å²) in [5, 5.41) is 2.06. The number of ether oxygens (including phenoxy) is 2. The normalized spacial score (nSPS) is 11.4. The number of hydrogen-bond acceptors (Lipinski definition) is 7. The molecule has 0 fully saturated rings. The SMILES string of the molecule is CC(CCC(=O)NC=O)N(C)C(=O)c1c(C=O)cccc1OCCOCCN. The van der Waals surface area contributed by atoms with Gasteiger partial charge in [0.15, 0.2) is 6.29 Å². The summed E-state index contributed by atoms with van der Waals surface area (Å²) in [6.07, 6.45) is 1.37. The Kier molecular flexibility index (Phi) is 10.4. The Hall–Kier alpha value is -2.78. The van der Waals surface area contributed by atoms with Crippen molar-refractivity contribution in [3.05, 3.63) is 29.3 Å². The van der Waals surface area contributed by atoms with Crippen LogP contribution in [0.1, 0.15) is 40.5 Å². The summed E-state index contributed by atoms with van der Waals surface area (Å²) in [5.41, 5.74) is 5.72. The van der Waals surface area contributed by atoms with E-state index in [0.717, 1.165) is 0 Å². The Bertz CT molecular complexity index is 680. The summed E-state index contributed by atoms with van der Waals surface area (Å²) in [6, 6.07) is 4.47. The lowest BCUT2D eigenvalue weighted by molar-refractivity contribution is -0.125. The molecule has 3 N–H and O–H groups in total. The Morgan fingerprint density at radius 3 is 2.64 bits per heavy atom. The maximum atomic E-state index is 13.0. The number of benzene rings is 1. The Labute approximate surface area is 164 Å². The van der Waals surface area contributed by atoms with Gasteiger partial charge in [0, 0.05) is 31.6 Å². The van der Waals surface area contributed by atoms with Crippen LogP contribution in [-0.2, 0) is 14.3 Å². The van der Waals surface area contributed by atoms with E-state index in [1.54, 1.807) is 26.1 Å². The largest absolute Gasteiger partial charge is 0.490 e. The van der Waals surface area contributed by atoms with Crippen LogP contribution in [0.5, 0.6) is 5.75 Å². The van der Waals surface area contributed by atoms with Gasteiger partial charge in [0.05, 0.1) is 18.8 Å². The second-order valence-electron chi connectivity index (χ2n) is 6.08. The van der Waals surface area contributed by atoms with Crippen LogP contribution in [0.3, 0.4) is 0 Å². The van der Waals surface area contributed by atoms with Gasteiger partial charge in [-0.05, 0) is 19.4 Å². The van der Waals surface area contributed by atoms with Gasteiger partial charge in [-0.1, -0.05) is 12.1 Å². The molecule has 0 spiro atoms. The molecule has 0 heterocycles. The molecule has 0 saturated heterocycles. The molecule has 1 atom stereocenters. The Balaban J connectivity index is 2.86. The molecule has 154 valence electrons. The van der Waals surface area contributed by atoms with Crippen LogP contribution in [0.15, 0.2) is 18.2 Å². The van der Waals surface area contributed by atoms with Crippen molar-refractivity contribution in [1.29, 1.82) is 0 Å². The number of carbonyl (C=O) groups excluding carboxylic acids is 4. The molecule has 0 aliphatic rings. The summed E-state index contributed by atoms with van der Waals surface area (Å²) in [6.45, 7) is 3.08. The molecule has 0 aliphatic carbocycles. The predicted molar refractivity (Wildman–Crippen MR) is 102 cm³/mol. The number of carbonyl (C=O) groups is 4. The number of imide groups is 1. The zero-order chi connectivity index (χ0) is 20.9. The highest BCUT2D eigenvalue weighted by atomic mass is 16.5. The highest BCUT2D eigenvalue weighted by Crippen LogP contribution is 2.24. The molecule has 1 unspecified atom stereocenters. The van der Waals surface area contributed by atoms with E-state index in [2.05, 4.69) is 5.32 Å². The van der Waals surface area contributed by atoms with E-state index in [0.29, 0.717) is 38.9 Å². The first-order chi connectivity index (χ1) is 13.5. The zero-order valence-electron chi connectivity index (χ0n) is 16.2. The van der Waals surface area contributed by atoms with Crippen LogP contribution < -0.4 is 15.8 Å².